The van der Waals surface area contributed by atoms with Gasteiger partial charge in [-0.05, 0) is 25.1 Å². The Kier molecular flexibility index (Phi) is 5.55. The summed E-state index contributed by atoms with van der Waals surface area (Å²) in [4.78, 5) is 10.5. The molecule has 1 aromatic carbocycles. The van der Waals surface area contributed by atoms with Crippen LogP contribution >= 0.6 is 0 Å². The molecule has 0 aliphatic heterocycles. The van der Waals surface area contributed by atoms with Crippen molar-refractivity contribution in [3.63, 3.8) is 0 Å². The van der Waals surface area contributed by atoms with Crippen molar-refractivity contribution in [2.45, 2.75) is 45.6 Å². The number of benzene rings is 1. The first kappa shape index (κ1) is 17.2. The molecule has 0 spiro atoms. The second-order valence-corrected chi connectivity index (χ2v) is 6.71. The van der Waals surface area contributed by atoms with Gasteiger partial charge in [-0.1, -0.05) is 39.0 Å². The summed E-state index contributed by atoms with van der Waals surface area (Å²) >= 11 is 0. The van der Waals surface area contributed by atoms with Crippen LogP contribution in [0.25, 0.3) is 5.69 Å². The van der Waals surface area contributed by atoms with Crippen molar-refractivity contribution in [2.24, 2.45) is 0 Å². The Balaban J connectivity index is 2.11. The summed E-state index contributed by atoms with van der Waals surface area (Å²) in [6.45, 7) is 7.83. The van der Waals surface area contributed by atoms with E-state index in [0.717, 1.165) is 16.9 Å². The number of hydrogen-bond acceptors (Lipinski definition) is 3. The third-order valence-corrected chi connectivity index (χ3v) is 3.58. The van der Waals surface area contributed by atoms with Crippen LogP contribution in [-0.4, -0.2) is 27.4 Å². The minimum absolute atomic E-state index is 0.0435. The Labute approximate surface area is 137 Å². The maximum atomic E-state index is 10.5. The predicted octanol–water partition coefficient (Wildman–Crippen LogP) is 3.12. The molecule has 1 heterocycles. The molecule has 5 nitrogen and oxygen atoms in total. The maximum absolute atomic E-state index is 10.5. The molecule has 0 aliphatic rings. The summed E-state index contributed by atoms with van der Waals surface area (Å²) in [7, 11) is 0. The highest BCUT2D eigenvalue weighted by atomic mass is 16.4. The molecule has 0 saturated carbocycles. The molecular weight excluding hydrogens is 290 g/mol. The van der Waals surface area contributed by atoms with Crippen molar-refractivity contribution in [1.82, 2.24) is 15.1 Å². The van der Waals surface area contributed by atoms with Gasteiger partial charge in [0.1, 0.15) is 0 Å². The van der Waals surface area contributed by atoms with E-state index < -0.39 is 5.97 Å². The molecule has 0 amide bonds. The molecule has 2 N–H and O–H groups in total. The van der Waals surface area contributed by atoms with Crippen molar-refractivity contribution in [2.75, 3.05) is 6.54 Å². The normalized spacial score (nSPS) is 11.6. The monoisotopic (exact) mass is 315 g/mol. The van der Waals surface area contributed by atoms with Crippen LogP contribution in [-0.2, 0) is 16.8 Å². The van der Waals surface area contributed by atoms with Gasteiger partial charge in [0.2, 0.25) is 0 Å². The van der Waals surface area contributed by atoms with Gasteiger partial charge in [-0.15, -0.1) is 0 Å². The standard InChI is InChI=1S/C18H25N3O2/c1-18(2,3)17-14(12-19-11-7-10-16(22)23)13-21(20-17)15-8-5-4-6-9-15/h4-6,8-9,13,19H,7,10-12H2,1-3H3,(H,22,23). The average Bonchev–Trinajstić information content (AvgIpc) is 2.92. The number of hydrogen-bond donors (Lipinski definition) is 2. The average molecular weight is 315 g/mol. The smallest absolute Gasteiger partial charge is 0.303 e. The number of aliphatic carboxylic acids is 1. The SMILES string of the molecule is CC(C)(C)c1nn(-c2ccccc2)cc1CNCCCC(=O)O. The number of para-hydroxylation sites is 1. The third-order valence-electron chi connectivity index (χ3n) is 3.58. The summed E-state index contributed by atoms with van der Waals surface area (Å²) < 4.78 is 1.91. The summed E-state index contributed by atoms with van der Waals surface area (Å²) in [6.07, 6.45) is 2.88. The lowest BCUT2D eigenvalue weighted by atomic mass is 9.89. The van der Waals surface area contributed by atoms with Gasteiger partial charge in [-0.3, -0.25) is 4.79 Å². The van der Waals surface area contributed by atoms with Crippen molar-refractivity contribution >= 4 is 5.97 Å². The Morgan fingerprint density at radius 2 is 1.96 bits per heavy atom. The Hall–Kier alpha value is -2.14. The summed E-state index contributed by atoms with van der Waals surface area (Å²) in [6, 6.07) is 10.0. The van der Waals surface area contributed by atoms with Gasteiger partial charge in [0.15, 0.2) is 0 Å². The first-order chi connectivity index (χ1) is 10.9. The van der Waals surface area contributed by atoms with Gasteiger partial charge in [0.25, 0.3) is 0 Å². The highest BCUT2D eigenvalue weighted by Gasteiger charge is 2.22. The Morgan fingerprint density at radius 1 is 1.26 bits per heavy atom. The molecule has 124 valence electrons. The van der Waals surface area contributed by atoms with Crippen LogP contribution in [0.1, 0.15) is 44.9 Å². The molecule has 0 atom stereocenters. The quantitative estimate of drug-likeness (QED) is 0.770. The molecule has 2 rings (SSSR count). The van der Waals surface area contributed by atoms with Crippen molar-refractivity contribution in [3.8, 4) is 5.69 Å². The van der Waals surface area contributed by atoms with Crippen LogP contribution in [0.15, 0.2) is 36.5 Å². The highest BCUT2D eigenvalue weighted by molar-refractivity contribution is 5.66. The number of nitrogens with one attached hydrogen (secondary N) is 1. The molecule has 0 bridgehead atoms. The van der Waals surface area contributed by atoms with Gasteiger partial charge in [0.05, 0.1) is 11.4 Å². The lowest BCUT2D eigenvalue weighted by Gasteiger charge is -2.17. The van der Waals surface area contributed by atoms with Crippen LogP contribution in [0.3, 0.4) is 0 Å². The van der Waals surface area contributed by atoms with Gasteiger partial charge in [-0.2, -0.15) is 5.10 Å². The number of carbonyl (C=O) groups is 1. The zero-order valence-corrected chi connectivity index (χ0v) is 14.0. The molecule has 0 saturated heterocycles. The zero-order chi connectivity index (χ0) is 16.9. The Morgan fingerprint density at radius 3 is 2.57 bits per heavy atom. The van der Waals surface area contributed by atoms with Crippen LogP contribution in [0.2, 0.25) is 0 Å². The first-order valence-electron chi connectivity index (χ1n) is 7.95. The fourth-order valence-electron chi connectivity index (χ4n) is 2.47. The molecule has 2 aromatic rings. The van der Waals surface area contributed by atoms with E-state index in [4.69, 9.17) is 10.2 Å². The van der Waals surface area contributed by atoms with E-state index >= 15 is 0 Å². The van der Waals surface area contributed by atoms with Crippen molar-refractivity contribution < 1.29 is 9.90 Å². The summed E-state index contributed by atoms with van der Waals surface area (Å²) in [5.41, 5.74) is 3.21. The third kappa shape index (κ3) is 4.93. The fourth-order valence-corrected chi connectivity index (χ4v) is 2.47. The van der Waals surface area contributed by atoms with E-state index in [1.54, 1.807) is 0 Å². The van der Waals surface area contributed by atoms with E-state index in [2.05, 4.69) is 32.3 Å². The van der Waals surface area contributed by atoms with Crippen molar-refractivity contribution in [3.05, 3.63) is 47.8 Å². The molecule has 0 fully saturated rings. The van der Waals surface area contributed by atoms with E-state index in [1.807, 2.05) is 35.0 Å². The summed E-state index contributed by atoms with van der Waals surface area (Å²) in [5, 5.41) is 16.7. The molecule has 0 unspecified atom stereocenters. The van der Waals surface area contributed by atoms with E-state index in [9.17, 15) is 4.79 Å². The first-order valence-corrected chi connectivity index (χ1v) is 7.95. The second kappa shape index (κ2) is 7.42. The molecule has 0 aliphatic carbocycles. The minimum Gasteiger partial charge on any atom is -0.481 e. The lowest BCUT2D eigenvalue weighted by Crippen LogP contribution is -2.20. The highest BCUT2D eigenvalue weighted by Crippen LogP contribution is 2.25. The van der Waals surface area contributed by atoms with Gasteiger partial charge < -0.3 is 10.4 Å². The van der Waals surface area contributed by atoms with Crippen molar-refractivity contribution in [1.29, 1.82) is 0 Å². The maximum Gasteiger partial charge on any atom is 0.303 e. The number of carboxylic acid groups (broad SMARTS) is 1. The van der Waals surface area contributed by atoms with Crippen LogP contribution in [0, 0.1) is 0 Å². The van der Waals surface area contributed by atoms with Gasteiger partial charge in [-0.25, -0.2) is 4.68 Å². The molecule has 5 heteroatoms. The van der Waals surface area contributed by atoms with E-state index in [0.29, 0.717) is 19.5 Å². The number of rotatable bonds is 7. The number of carboxylic acids is 1. The van der Waals surface area contributed by atoms with E-state index in [-0.39, 0.29) is 11.8 Å². The molecular formula is C18H25N3O2. The molecule has 0 radical (unpaired) electrons. The fraction of sp³-hybridized carbons (Fsp3) is 0.444. The minimum atomic E-state index is -0.751. The van der Waals surface area contributed by atoms with Gasteiger partial charge >= 0.3 is 5.97 Å². The lowest BCUT2D eigenvalue weighted by molar-refractivity contribution is -0.137. The largest absolute Gasteiger partial charge is 0.481 e. The Bertz CT molecular complexity index is 642. The number of nitrogens with zero attached hydrogens (tertiary/aromatic N) is 2. The van der Waals surface area contributed by atoms with Crippen LogP contribution in [0.4, 0.5) is 0 Å². The molecule has 23 heavy (non-hydrogen) atoms. The van der Waals surface area contributed by atoms with Crippen LogP contribution in [0.5, 0.6) is 0 Å². The second-order valence-electron chi connectivity index (χ2n) is 6.71. The van der Waals surface area contributed by atoms with Gasteiger partial charge in [0, 0.05) is 30.1 Å². The summed E-state index contributed by atoms with van der Waals surface area (Å²) in [5.74, 6) is -0.751. The van der Waals surface area contributed by atoms with E-state index in [1.165, 1.54) is 0 Å². The topological polar surface area (TPSA) is 67.2 Å². The van der Waals surface area contributed by atoms with Crippen LogP contribution < -0.4 is 5.32 Å². The molecule has 1 aromatic heterocycles. The number of aromatic nitrogens is 2. The zero-order valence-electron chi connectivity index (χ0n) is 14.0. The predicted molar refractivity (Wildman–Crippen MR) is 90.8 cm³/mol.